The number of unbranched alkanes of at least 4 members (excludes halogenated alkanes) is 1. The van der Waals surface area contributed by atoms with E-state index in [1.807, 2.05) is 18.8 Å². The summed E-state index contributed by atoms with van der Waals surface area (Å²) >= 11 is 1.86. The Hall–Kier alpha value is 0.310. The highest BCUT2D eigenvalue weighted by atomic mass is 32.2. The smallest absolute Gasteiger partial charge is 0.00520 e. The number of thioether (sulfide) groups is 1. The first-order valence-electron chi connectivity index (χ1n) is 3.96. The molecule has 0 radical (unpaired) electrons. The minimum absolute atomic E-state index is 1.16. The van der Waals surface area contributed by atoms with E-state index in [-0.39, 0.29) is 0 Å². The lowest BCUT2D eigenvalue weighted by Gasteiger charge is -1.89. The van der Waals surface area contributed by atoms with Gasteiger partial charge in [-0.2, -0.15) is 11.8 Å². The molecule has 0 heterocycles. The van der Waals surface area contributed by atoms with Crippen molar-refractivity contribution >= 4 is 11.8 Å². The van der Waals surface area contributed by atoms with Gasteiger partial charge in [-0.05, 0) is 32.0 Å². The molecule has 0 unspecified atom stereocenters. The minimum atomic E-state index is 1.16. The number of hydrogen-bond acceptors (Lipinski definition) is 2. The second-order valence-electron chi connectivity index (χ2n) is 2.03. The molecule has 0 spiro atoms. The van der Waals surface area contributed by atoms with Gasteiger partial charge < -0.3 is 5.32 Å². The van der Waals surface area contributed by atoms with E-state index in [1.165, 1.54) is 18.6 Å². The highest BCUT2D eigenvalue weighted by Crippen LogP contribution is 1.83. The lowest BCUT2D eigenvalue weighted by atomic mass is 10.3. The number of nitrogens with one attached hydrogen (secondary N) is 1. The van der Waals surface area contributed by atoms with Crippen LogP contribution in [-0.4, -0.2) is 25.6 Å². The fourth-order valence-electron chi connectivity index (χ4n) is 0.354. The van der Waals surface area contributed by atoms with Crippen molar-refractivity contribution in [3.05, 3.63) is 0 Å². The number of hydrogen-bond donors (Lipinski definition) is 1. The molecule has 0 atom stereocenters. The van der Waals surface area contributed by atoms with E-state index in [0.29, 0.717) is 0 Å². The third-order valence-electron chi connectivity index (χ3n) is 1.07. The van der Waals surface area contributed by atoms with Crippen molar-refractivity contribution in [3.8, 4) is 0 Å². The standard InChI is InChI=1S/C5H13N.C3H8S/c1-3-4-5-6-2;1-3-4-2/h6H,3-5H2,1-2H3;3H2,1-2H3. The van der Waals surface area contributed by atoms with Crippen LogP contribution in [-0.2, 0) is 0 Å². The van der Waals surface area contributed by atoms with Gasteiger partial charge in [-0.1, -0.05) is 20.3 Å². The molecule has 0 aromatic heterocycles. The summed E-state index contributed by atoms with van der Waals surface area (Å²) in [6.07, 6.45) is 4.69. The molecule has 0 saturated heterocycles. The molecule has 0 aromatic rings. The van der Waals surface area contributed by atoms with Crippen LogP contribution in [0, 0.1) is 0 Å². The van der Waals surface area contributed by atoms with Gasteiger partial charge in [0.15, 0.2) is 0 Å². The zero-order valence-corrected chi connectivity index (χ0v) is 8.55. The Morgan fingerprint density at radius 2 is 1.80 bits per heavy atom. The third kappa shape index (κ3) is 23.9. The molecule has 0 fully saturated rings. The van der Waals surface area contributed by atoms with E-state index in [0.717, 1.165) is 6.54 Å². The summed E-state index contributed by atoms with van der Waals surface area (Å²) in [4.78, 5) is 0. The third-order valence-corrected chi connectivity index (χ3v) is 1.65. The average molecular weight is 163 g/mol. The maximum absolute atomic E-state index is 3.07. The van der Waals surface area contributed by atoms with Crippen molar-refractivity contribution < 1.29 is 0 Å². The molecule has 1 nitrogen and oxygen atoms in total. The van der Waals surface area contributed by atoms with E-state index < -0.39 is 0 Å². The fraction of sp³-hybridized carbons (Fsp3) is 1.00. The van der Waals surface area contributed by atoms with Crippen LogP contribution in [0.4, 0.5) is 0 Å². The molecule has 0 saturated carbocycles. The Morgan fingerprint density at radius 1 is 1.30 bits per heavy atom. The minimum Gasteiger partial charge on any atom is -0.320 e. The zero-order valence-electron chi connectivity index (χ0n) is 7.74. The lowest BCUT2D eigenvalue weighted by molar-refractivity contribution is 0.711. The summed E-state index contributed by atoms with van der Waals surface area (Å²) in [6, 6.07) is 0. The zero-order chi connectivity index (χ0) is 8.24. The van der Waals surface area contributed by atoms with E-state index in [2.05, 4.69) is 25.4 Å². The van der Waals surface area contributed by atoms with Crippen molar-refractivity contribution in [2.45, 2.75) is 26.7 Å². The largest absolute Gasteiger partial charge is 0.320 e. The van der Waals surface area contributed by atoms with Crippen LogP contribution in [0.1, 0.15) is 26.7 Å². The maximum atomic E-state index is 3.07. The van der Waals surface area contributed by atoms with Gasteiger partial charge in [-0.25, -0.2) is 0 Å². The van der Waals surface area contributed by atoms with Crippen LogP contribution >= 0.6 is 11.8 Å². The Bertz CT molecular complexity index is 34.2. The second kappa shape index (κ2) is 16.1. The molecule has 0 aliphatic carbocycles. The summed E-state index contributed by atoms with van der Waals surface area (Å²) in [6.45, 7) is 5.50. The molecule has 0 aromatic carbocycles. The van der Waals surface area contributed by atoms with Crippen molar-refractivity contribution in [2.24, 2.45) is 0 Å². The van der Waals surface area contributed by atoms with Crippen LogP contribution in [0.25, 0.3) is 0 Å². The SMILES string of the molecule is CCCCNC.CCSC. The molecule has 0 aliphatic heterocycles. The van der Waals surface area contributed by atoms with Crippen molar-refractivity contribution in [3.63, 3.8) is 0 Å². The van der Waals surface area contributed by atoms with Gasteiger partial charge in [-0.3, -0.25) is 0 Å². The molecule has 0 bridgehead atoms. The van der Waals surface area contributed by atoms with Crippen LogP contribution < -0.4 is 5.32 Å². The summed E-state index contributed by atoms with van der Waals surface area (Å²) in [7, 11) is 1.98. The molecule has 2 heteroatoms. The van der Waals surface area contributed by atoms with Gasteiger partial charge in [0.2, 0.25) is 0 Å². The van der Waals surface area contributed by atoms with Gasteiger partial charge in [0.1, 0.15) is 0 Å². The van der Waals surface area contributed by atoms with Crippen molar-refractivity contribution in [1.82, 2.24) is 5.32 Å². The molecule has 1 N–H and O–H groups in total. The quantitative estimate of drug-likeness (QED) is 0.639. The van der Waals surface area contributed by atoms with Crippen LogP contribution in [0.2, 0.25) is 0 Å². The fourth-order valence-corrected chi connectivity index (χ4v) is 0.354. The monoisotopic (exact) mass is 163 g/mol. The normalized spacial score (nSPS) is 8.40. The van der Waals surface area contributed by atoms with Gasteiger partial charge in [-0.15, -0.1) is 0 Å². The van der Waals surface area contributed by atoms with E-state index in [4.69, 9.17) is 0 Å². The van der Waals surface area contributed by atoms with Crippen molar-refractivity contribution in [2.75, 3.05) is 25.6 Å². The van der Waals surface area contributed by atoms with Crippen LogP contribution in [0.3, 0.4) is 0 Å². The van der Waals surface area contributed by atoms with E-state index >= 15 is 0 Å². The molecule has 0 aliphatic rings. The predicted molar refractivity (Wildman–Crippen MR) is 52.9 cm³/mol. The first-order valence-corrected chi connectivity index (χ1v) is 5.36. The van der Waals surface area contributed by atoms with Crippen LogP contribution in [0.15, 0.2) is 0 Å². The summed E-state index contributed by atoms with van der Waals surface area (Å²) in [5, 5.41) is 3.07. The Balaban J connectivity index is 0. The van der Waals surface area contributed by atoms with Gasteiger partial charge in [0.05, 0.1) is 0 Å². The lowest BCUT2D eigenvalue weighted by Crippen LogP contribution is -2.06. The molecular formula is C8H21NS. The molecular weight excluding hydrogens is 142 g/mol. The first-order chi connectivity index (χ1) is 4.83. The molecule has 0 amide bonds. The Labute approximate surface area is 70.0 Å². The highest BCUT2D eigenvalue weighted by Gasteiger charge is 1.73. The number of rotatable bonds is 4. The van der Waals surface area contributed by atoms with E-state index in [1.54, 1.807) is 0 Å². The van der Waals surface area contributed by atoms with Gasteiger partial charge >= 0.3 is 0 Å². The second-order valence-corrected chi connectivity index (χ2v) is 3.19. The molecule has 10 heavy (non-hydrogen) atoms. The highest BCUT2D eigenvalue weighted by molar-refractivity contribution is 7.98. The van der Waals surface area contributed by atoms with E-state index in [9.17, 15) is 0 Å². The molecule has 0 rings (SSSR count). The summed E-state index contributed by atoms with van der Waals surface area (Å²) in [5.41, 5.74) is 0. The van der Waals surface area contributed by atoms with Gasteiger partial charge in [0.25, 0.3) is 0 Å². The Kier molecular flexibility index (Phi) is 20.9. The summed E-state index contributed by atoms with van der Waals surface area (Å²) < 4.78 is 0. The first kappa shape index (κ1) is 12.9. The van der Waals surface area contributed by atoms with Gasteiger partial charge in [0, 0.05) is 0 Å². The topological polar surface area (TPSA) is 12.0 Å². The average Bonchev–Trinajstić information content (AvgIpc) is 2.01. The Morgan fingerprint density at radius 3 is 1.90 bits per heavy atom. The molecule has 64 valence electrons. The van der Waals surface area contributed by atoms with Crippen LogP contribution in [0.5, 0.6) is 0 Å². The predicted octanol–water partition coefficient (Wildman–Crippen LogP) is 2.38. The van der Waals surface area contributed by atoms with Crippen molar-refractivity contribution in [1.29, 1.82) is 0 Å². The maximum Gasteiger partial charge on any atom is -0.00520 e. The summed E-state index contributed by atoms with van der Waals surface area (Å²) in [5.74, 6) is 1.24.